The highest BCUT2D eigenvalue weighted by Gasteiger charge is 2.28. The highest BCUT2D eigenvalue weighted by molar-refractivity contribution is 5.61. The van der Waals surface area contributed by atoms with Crippen molar-refractivity contribution in [2.75, 3.05) is 0 Å². The maximum absolute atomic E-state index is 4.17. The summed E-state index contributed by atoms with van der Waals surface area (Å²) in [6.45, 7) is 19.6. The molecular weight excluding hydrogens is 396 g/mol. The first-order valence-electron chi connectivity index (χ1n) is 13.3. The molecule has 2 aromatic rings. The first-order chi connectivity index (χ1) is 15.7. The van der Waals surface area contributed by atoms with Gasteiger partial charge in [-0.15, -0.1) is 6.58 Å². The van der Waals surface area contributed by atoms with E-state index in [0.717, 1.165) is 30.3 Å². The molecule has 3 rings (SSSR count). The van der Waals surface area contributed by atoms with Crippen molar-refractivity contribution in [3.63, 3.8) is 0 Å². The van der Waals surface area contributed by atoms with E-state index in [-0.39, 0.29) is 0 Å². The molecule has 1 aliphatic rings. The van der Waals surface area contributed by atoms with Crippen LogP contribution in [0.3, 0.4) is 0 Å². The molecule has 1 aliphatic carbocycles. The Morgan fingerprint density at radius 2 is 1.58 bits per heavy atom. The number of benzene rings is 2. The Labute approximate surface area is 204 Å². The van der Waals surface area contributed by atoms with Crippen LogP contribution in [0.15, 0.2) is 61.2 Å². The lowest BCUT2D eigenvalue weighted by Crippen LogP contribution is -2.20. The molecule has 0 aliphatic heterocycles. The van der Waals surface area contributed by atoms with Gasteiger partial charge in [-0.25, -0.2) is 0 Å². The van der Waals surface area contributed by atoms with Crippen molar-refractivity contribution >= 4 is 5.57 Å². The van der Waals surface area contributed by atoms with Crippen molar-refractivity contribution in [3.05, 3.63) is 89.0 Å². The zero-order valence-corrected chi connectivity index (χ0v) is 21.9. The van der Waals surface area contributed by atoms with Gasteiger partial charge in [0.2, 0.25) is 0 Å². The van der Waals surface area contributed by atoms with E-state index in [1.807, 2.05) is 0 Å². The van der Waals surface area contributed by atoms with Crippen LogP contribution in [0.25, 0.3) is 5.57 Å². The molecule has 33 heavy (non-hydrogen) atoms. The highest BCUT2D eigenvalue weighted by Crippen LogP contribution is 2.42. The van der Waals surface area contributed by atoms with Gasteiger partial charge >= 0.3 is 0 Å². The predicted octanol–water partition coefficient (Wildman–Crippen LogP) is 10.1. The van der Waals surface area contributed by atoms with Crippen LogP contribution in [0.4, 0.5) is 0 Å². The zero-order chi connectivity index (χ0) is 24.0. The van der Waals surface area contributed by atoms with Gasteiger partial charge in [0.25, 0.3) is 0 Å². The maximum Gasteiger partial charge on any atom is -0.00228 e. The molecule has 2 atom stereocenters. The quantitative estimate of drug-likeness (QED) is 0.321. The van der Waals surface area contributed by atoms with Crippen LogP contribution in [0, 0.1) is 11.8 Å². The Morgan fingerprint density at radius 1 is 0.909 bits per heavy atom. The minimum absolute atomic E-state index is 0.513. The highest BCUT2D eigenvalue weighted by atomic mass is 14.3. The molecule has 0 heteroatoms. The van der Waals surface area contributed by atoms with Gasteiger partial charge in [0.05, 0.1) is 0 Å². The molecule has 2 aromatic carbocycles. The third-order valence-corrected chi connectivity index (χ3v) is 7.58. The third-order valence-electron chi connectivity index (χ3n) is 7.58. The lowest BCUT2D eigenvalue weighted by atomic mass is 9.71. The summed E-state index contributed by atoms with van der Waals surface area (Å²) in [7, 11) is 0. The van der Waals surface area contributed by atoms with E-state index in [9.17, 15) is 0 Å². The second-order valence-corrected chi connectivity index (χ2v) is 11.3. The summed E-state index contributed by atoms with van der Waals surface area (Å²) in [6.07, 6.45) is 10.4. The van der Waals surface area contributed by atoms with E-state index >= 15 is 0 Å². The summed E-state index contributed by atoms with van der Waals surface area (Å²) in [6, 6.07) is 16.5. The molecule has 0 heterocycles. The van der Waals surface area contributed by atoms with Crippen LogP contribution in [0.2, 0.25) is 0 Å². The summed E-state index contributed by atoms with van der Waals surface area (Å²) in [5.74, 6) is 2.76. The second kappa shape index (κ2) is 11.9. The second-order valence-electron chi connectivity index (χ2n) is 11.3. The smallest absolute Gasteiger partial charge is 0.00228 e. The topological polar surface area (TPSA) is 0 Å². The van der Waals surface area contributed by atoms with Gasteiger partial charge in [-0.05, 0) is 97.4 Å². The monoisotopic (exact) mass is 442 g/mol. The van der Waals surface area contributed by atoms with Crippen LogP contribution >= 0.6 is 0 Å². The van der Waals surface area contributed by atoms with Gasteiger partial charge in [-0.2, -0.15) is 0 Å². The van der Waals surface area contributed by atoms with Crippen LogP contribution in [0.1, 0.15) is 119 Å². The normalized spacial score (nSPS) is 16.5. The Balaban J connectivity index is 2.00. The summed E-state index contributed by atoms with van der Waals surface area (Å²) in [5, 5.41) is 0. The van der Waals surface area contributed by atoms with Crippen LogP contribution in [-0.2, 0) is 6.42 Å². The van der Waals surface area contributed by atoms with E-state index in [1.54, 1.807) is 11.1 Å². The Bertz CT molecular complexity index is 921. The van der Waals surface area contributed by atoms with E-state index in [2.05, 4.69) is 90.2 Å². The number of allylic oxidation sites excluding steroid dienone is 2. The average molecular weight is 443 g/mol. The van der Waals surface area contributed by atoms with Crippen molar-refractivity contribution in [2.24, 2.45) is 11.8 Å². The van der Waals surface area contributed by atoms with E-state index in [4.69, 9.17) is 0 Å². The van der Waals surface area contributed by atoms with Crippen molar-refractivity contribution in [3.8, 4) is 0 Å². The molecule has 1 unspecified atom stereocenters. The maximum atomic E-state index is 4.17. The number of hydrogen-bond acceptors (Lipinski definition) is 0. The van der Waals surface area contributed by atoms with Gasteiger partial charge in [0.15, 0.2) is 0 Å². The number of hydrogen-bond donors (Lipinski definition) is 0. The fraction of sp³-hybridized carbons (Fsp3) is 0.515. The first kappa shape index (κ1) is 25.5. The SMILES string of the molecule is C=C(C)C[C@@H](C)c1ccc(C(CC(C)C)C2CCCCC2)c(Cc2ccc(C(=C)C)cc2)c1. The Kier molecular flexibility index (Phi) is 9.19. The van der Waals surface area contributed by atoms with Crippen LogP contribution in [-0.4, -0.2) is 0 Å². The van der Waals surface area contributed by atoms with Gasteiger partial charge < -0.3 is 0 Å². The van der Waals surface area contributed by atoms with E-state index in [0.29, 0.717) is 11.8 Å². The molecule has 0 aromatic heterocycles. The third kappa shape index (κ3) is 7.20. The summed E-state index contributed by atoms with van der Waals surface area (Å²) in [4.78, 5) is 0. The Hall–Kier alpha value is -2.08. The molecular formula is C33H46. The van der Waals surface area contributed by atoms with E-state index < -0.39 is 0 Å². The predicted molar refractivity (Wildman–Crippen MR) is 147 cm³/mol. The van der Waals surface area contributed by atoms with Crippen LogP contribution in [0.5, 0.6) is 0 Å². The summed E-state index contributed by atoms with van der Waals surface area (Å²) >= 11 is 0. The first-order valence-corrected chi connectivity index (χ1v) is 13.3. The lowest BCUT2D eigenvalue weighted by molar-refractivity contribution is 0.276. The van der Waals surface area contributed by atoms with Crippen molar-refractivity contribution < 1.29 is 0 Å². The molecule has 1 saturated carbocycles. The summed E-state index contributed by atoms with van der Waals surface area (Å²) < 4.78 is 0. The largest absolute Gasteiger partial charge is 0.100 e. The van der Waals surface area contributed by atoms with Gasteiger partial charge in [-0.1, -0.05) is 100 Å². The van der Waals surface area contributed by atoms with Crippen molar-refractivity contribution in [2.45, 2.75) is 97.8 Å². The van der Waals surface area contributed by atoms with Crippen molar-refractivity contribution in [1.82, 2.24) is 0 Å². The molecule has 0 nitrogen and oxygen atoms in total. The van der Waals surface area contributed by atoms with Crippen LogP contribution < -0.4 is 0 Å². The fourth-order valence-electron chi connectivity index (χ4n) is 5.83. The van der Waals surface area contributed by atoms with Gasteiger partial charge in [0, 0.05) is 0 Å². The number of rotatable bonds is 10. The lowest BCUT2D eigenvalue weighted by Gasteiger charge is -2.33. The minimum atomic E-state index is 0.513. The minimum Gasteiger partial charge on any atom is -0.100 e. The molecule has 178 valence electrons. The molecule has 0 bridgehead atoms. The fourth-order valence-corrected chi connectivity index (χ4v) is 5.83. The standard InChI is InChI=1S/C33H46/c1-23(2)19-26(7)30-17-18-32(33(20-24(3)4)29-11-9-8-10-12-29)31(22-30)21-27-13-15-28(16-14-27)25(5)6/h13-18,22,24,26,29,33H,1,5,8-12,19-21H2,2-4,6-7H3/t26-,33?/m1/s1. The molecule has 1 fully saturated rings. The molecule has 0 spiro atoms. The average Bonchev–Trinajstić information content (AvgIpc) is 2.78. The van der Waals surface area contributed by atoms with Crippen molar-refractivity contribution in [1.29, 1.82) is 0 Å². The van der Waals surface area contributed by atoms with E-state index in [1.165, 1.54) is 60.8 Å². The molecule has 0 radical (unpaired) electrons. The zero-order valence-electron chi connectivity index (χ0n) is 21.9. The van der Waals surface area contributed by atoms with Gasteiger partial charge in [0.1, 0.15) is 0 Å². The summed E-state index contributed by atoms with van der Waals surface area (Å²) in [5.41, 5.74) is 9.66. The molecule has 0 N–H and O–H groups in total. The Morgan fingerprint density at radius 3 is 2.15 bits per heavy atom. The molecule has 0 amide bonds. The molecule has 0 saturated heterocycles. The van der Waals surface area contributed by atoms with Gasteiger partial charge in [-0.3, -0.25) is 0 Å².